The first-order valence-electron chi connectivity index (χ1n) is 14.2. The Bertz CT molecular complexity index is 1430. The van der Waals surface area contributed by atoms with Crippen LogP contribution in [0.3, 0.4) is 0 Å². The zero-order valence-electron chi connectivity index (χ0n) is 24.7. The Morgan fingerprint density at radius 2 is 1.67 bits per heavy atom. The van der Waals surface area contributed by atoms with Crippen LogP contribution >= 0.6 is 11.6 Å². The third-order valence-corrected chi connectivity index (χ3v) is 8.81. The van der Waals surface area contributed by atoms with Gasteiger partial charge in [0.05, 0.1) is 17.2 Å². The summed E-state index contributed by atoms with van der Waals surface area (Å²) in [5, 5.41) is 3.33. The second-order valence-electron chi connectivity index (χ2n) is 9.97. The molecule has 42 heavy (non-hydrogen) atoms. The molecule has 1 atom stereocenters. The van der Waals surface area contributed by atoms with Gasteiger partial charge in [-0.25, -0.2) is 8.42 Å². The second kappa shape index (κ2) is 15.6. The molecular formula is C32H40ClN3O5S. The number of ether oxygens (including phenoxy) is 1. The van der Waals surface area contributed by atoms with Gasteiger partial charge in [0.2, 0.25) is 11.8 Å². The molecule has 2 amide bonds. The van der Waals surface area contributed by atoms with Crippen molar-refractivity contribution in [2.75, 3.05) is 24.0 Å². The molecule has 0 unspecified atom stereocenters. The van der Waals surface area contributed by atoms with Crippen LogP contribution in [-0.2, 0) is 26.2 Å². The van der Waals surface area contributed by atoms with Crippen molar-refractivity contribution in [2.45, 2.75) is 64.4 Å². The number of carbonyl (C=O) groups excluding carboxylic acids is 2. The molecule has 10 heteroatoms. The number of carbonyl (C=O) groups is 2. The predicted molar refractivity (Wildman–Crippen MR) is 167 cm³/mol. The van der Waals surface area contributed by atoms with Crippen molar-refractivity contribution in [1.82, 2.24) is 10.2 Å². The predicted octanol–water partition coefficient (Wildman–Crippen LogP) is 5.97. The number of anilines is 1. The lowest BCUT2D eigenvalue weighted by atomic mass is 10.1. The van der Waals surface area contributed by atoms with Gasteiger partial charge in [-0.05, 0) is 80.8 Å². The molecule has 0 heterocycles. The van der Waals surface area contributed by atoms with Crippen molar-refractivity contribution in [3.05, 3.63) is 88.9 Å². The van der Waals surface area contributed by atoms with Crippen molar-refractivity contribution >= 4 is 39.1 Å². The van der Waals surface area contributed by atoms with Gasteiger partial charge in [0.1, 0.15) is 18.3 Å². The Morgan fingerprint density at radius 3 is 2.26 bits per heavy atom. The molecule has 0 aliphatic carbocycles. The minimum atomic E-state index is -4.19. The van der Waals surface area contributed by atoms with Crippen LogP contribution < -0.4 is 14.4 Å². The highest BCUT2D eigenvalue weighted by atomic mass is 35.5. The van der Waals surface area contributed by atoms with Gasteiger partial charge in [0, 0.05) is 18.1 Å². The SMILES string of the molecule is CCCCNC(=O)[C@H](CC)N(Cc1cccc(C)c1)C(=O)CN(c1ccc(OCC)cc1)S(=O)(=O)c1ccc(Cl)cc1. The first-order valence-corrected chi connectivity index (χ1v) is 16.1. The van der Waals surface area contributed by atoms with Crippen LogP contribution in [0.1, 0.15) is 51.2 Å². The summed E-state index contributed by atoms with van der Waals surface area (Å²) >= 11 is 6.02. The van der Waals surface area contributed by atoms with Gasteiger partial charge in [-0.15, -0.1) is 0 Å². The number of hydrogen-bond donors (Lipinski definition) is 1. The highest BCUT2D eigenvalue weighted by molar-refractivity contribution is 7.92. The van der Waals surface area contributed by atoms with Crippen LogP contribution in [0.5, 0.6) is 5.75 Å². The summed E-state index contributed by atoms with van der Waals surface area (Å²) in [6.07, 6.45) is 2.10. The van der Waals surface area contributed by atoms with Gasteiger partial charge in [-0.3, -0.25) is 13.9 Å². The maximum absolute atomic E-state index is 14.1. The van der Waals surface area contributed by atoms with Crippen molar-refractivity contribution in [2.24, 2.45) is 0 Å². The van der Waals surface area contributed by atoms with Crippen LogP contribution in [-0.4, -0.2) is 50.9 Å². The van der Waals surface area contributed by atoms with Gasteiger partial charge < -0.3 is 15.0 Å². The Labute approximate surface area is 254 Å². The molecule has 0 radical (unpaired) electrons. The van der Waals surface area contributed by atoms with Crippen LogP contribution in [0.2, 0.25) is 5.02 Å². The molecule has 1 N–H and O–H groups in total. The molecule has 0 aromatic heterocycles. The topological polar surface area (TPSA) is 96.0 Å². The number of benzene rings is 3. The number of nitrogens with one attached hydrogen (secondary N) is 1. The third kappa shape index (κ3) is 8.72. The maximum atomic E-state index is 14.1. The summed E-state index contributed by atoms with van der Waals surface area (Å²) in [5.74, 6) is -0.187. The van der Waals surface area contributed by atoms with Crippen molar-refractivity contribution in [3.8, 4) is 5.75 Å². The molecule has 0 fully saturated rings. The minimum Gasteiger partial charge on any atom is -0.494 e. The monoisotopic (exact) mass is 613 g/mol. The van der Waals surface area contributed by atoms with Crippen molar-refractivity contribution in [1.29, 1.82) is 0 Å². The van der Waals surface area contributed by atoms with Crippen LogP contribution in [0.15, 0.2) is 77.7 Å². The van der Waals surface area contributed by atoms with E-state index < -0.39 is 28.5 Å². The molecule has 226 valence electrons. The van der Waals surface area contributed by atoms with E-state index in [-0.39, 0.29) is 23.0 Å². The number of sulfonamides is 1. The van der Waals surface area contributed by atoms with E-state index >= 15 is 0 Å². The van der Waals surface area contributed by atoms with E-state index in [9.17, 15) is 18.0 Å². The van der Waals surface area contributed by atoms with Crippen LogP contribution in [0.25, 0.3) is 0 Å². The summed E-state index contributed by atoms with van der Waals surface area (Å²) in [7, 11) is -4.19. The summed E-state index contributed by atoms with van der Waals surface area (Å²) in [5.41, 5.74) is 2.15. The fourth-order valence-electron chi connectivity index (χ4n) is 4.57. The number of halogens is 1. The lowest BCUT2D eigenvalue weighted by Crippen LogP contribution is -2.52. The highest BCUT2D eigenvalue weighted by Crippen LogP contribution is 2.27. The molecule has 0 bridgehead atoms. The molecule has 3 aromatic rings. The third-order valence-electron chi connectivity index (χ3n) is 6.77. The van der Waals surface area contributed by atoms with Gasteiger partial charge in [-0.2, -0.15) is 0 Å². The average molecular weight is 614 g/mol. The highest BCUT2D eigenvalue weighted by Gasteiger charge is 2.33. The number of amides is 2. The Morgan fingerprint density at radius 1 is 0.976 bits per heavy atom. The zero-order valence-corrected chi connectivity index (χ0v) is 26.2. The molecular weight excluding hydrogens is 574 g/mol. The Balaban J connectivity index is 2.04. The molecule has 3 rings (SSSR count). The fourth-order valence-corrected chi connectivity index (χ4v) is 6.11. The number of nitrogens with zero attached hydrogens (tertiary/aromatic N) is 2. The largest absolute Gasteiger partial charge is 0.494 e. The molecule has 3 aromatic carbocycles. The molecule has 0 spiro atoms. The summed E-state index contributed by atoms with van der Waals surface area (Å²) in [6, 6.07) is 19.2. The number of hydrogen-bond acceptors (Lipinski definition) is 5. The number of aryl methyl sites for hydroxylation is 1. The summed E-state index contributed by atoms with van der Waals surface area (Å²) in [4.78, 5) is 28.9. The summed E-state index contributed by atoms with van der Waals surface area (Å²) in [6.45, 7) is 8.29. The average Bonchev–Trinajstić information content (AvgIpc) is 2.96. The van der Waals surface area contributed by atoms with Gasteiger partial charge in [0.25, 0.3) is 10.0 Å². The lowest BCUT2D eigenvalue weighted by molar-refractivity contribution is -0.140. The number of rotatable bonds is 15. The molecule has 8 nitrogen and oxygen atoms in total. The normalized spacial score (nSPS) is 11.9. The zero-order chi connectivity index (χ0) is 30.7. The number of unbranched alkanes of at least 4 members (excludes halogenated alkanes) is 1. The summed E-state index contributed by atoms with van der Waals surface area (Å²) < 4.78 is 34.5. The second-order valence-corrected chi connectivity index (χ2v) is 12.3. The van der Waals surface area contributed by atoms with E-state index in [0.29, 0.717) is 30.3 Å². The molecule has 0 aliphatic heterocycles. The molecule has 0 aliphatic rings. The Hall–Kier alpha value is -3.56. The standard InChI is InChI=1S/C32H40ClN3O5S/c1-5-8-20-34-32(38)30(6-2)35(22-25-11-9-10-24(4)21-25)31(37)23-36(27-14-16-28(17-15-27)41-7-3)42(39,40)29-18-12-26(33)13-19-29/h9-19,21,30H,5-8,20,22-23H2,1-4H3,(H,34,38)/t30-/m0/s1. The lowest BCUT2D eigenvalue weighted by Gasteiger charge is -2.33. The van der Waals surface area contributed by atoms with Gasteiger partial charge in [0.15, 0.2) is 0 Å². The first kappa shape index (κ1) is 32.9. The van der Waals surface area contributed by atoms with E-state index in [1.165, 1.54) is 29.2 Å². The molecule has 0 saturated carbocycles. The maximum Gasteiger partial charge on any atom is 0.264 e. The van der Waals surface area contributed by atoms with E-state index in [4.69, 9.17) is 16.3 Å². The van der Waals surface area contributed by atoms with Crippen molar-refractivity contribution in [3.63, 3.8) is 0 Å². The quantitative estimate of drug-likeness (QED) is 0.213. The Kier molecular flexibility index (Phi) is 12.2. The smallest absolute Gasteiger partial charge is 0.264 e. The fraction of sp³-hybridized carbons (Fsp3) is 0.375. The van der Waals surface area contributed by atoms with Gasteiger partial charge in [-0.1, -0.05) is 61.7 Å². The van der Waals surface area contributed by atoms with E-state index in [0.717, 1.165) is 28.3 Å². The van der Waals surface area contributed by atoms with Crippen LogP contribution in [0, 0.1) is 6.92 Å². The van der Waals surface area contributed by atoms with Crippen molar-refractivity contribution < 1.29 is 22.7 Å². The molecule has 0 saturated heterocycles. The first-order chi connectivity index (χ1) is 20.1. The van der Waals surface area contributed by atoms with E-state index in [2.05, 4.69) is 5.32 Å². The van der Waals surface area contributed by atoms with Gasteiger partial charge >= 0.3 is 0 Å². The van der Waals surface area contributed by atoms with Crippen LogP contribution in [0.4, 0.5) is 5.69 Å². The van der Waals surface area contributed by atoms with E-state index in [1.807, 2.05) is 52.0 Å². The minimum absolute atomic E-state index is 0.0110. The van der Waals surface area contributed by atoms with E-state index in [1.54, 1.807) is 24.3 Å².